The van der Waals surface area contributed by atoms with Gasteiger partial charge in [0.1, 0.15) is 17.8 Å². The van der Waals surface area contributed by atoms with Crippen LogP contribution in [0.2, 0.25) is 0 Å². The minimum atomic E-state index is -0.305. The summed E-state index contributed by atoms with van der Waals surface area (Å²) in [4.78, 5) is 20.6. The molecule has 0 saturated heterocycles. The van der Waals surface area contributed by atoms with E-state index < -0.39 is 0 Å². The Morgan fingerprint density at radius 2 is 1.90 bits per heavy atom. The predicted octanol–water partition coefficient (Wildman–Crippen LogP) is 2.95. The van der Waals surface area contributed by atoms with Gasteiger partial charge in [0.25, 0.3) is 5.91 Å². The van der Waals surface area contributed by atoms with Crippen LogP contribution in [0.25, 0.3) is 11.5 Å². The Hall–Kier alpha value is -4.14. The van der Waals surface area contributed by atoms with Gasteiger partial charge in [-0.1, -0.05) is 18.2 Å². The fourth-order valence-electron chi connectivity index (χ4n) is 3.00. The second-order valence-electron chi connectivity index (χ2n) is 6.84. The number of benzene rings is 2. The van der Waals surface area contributed by atoms with E-state index in [0.29, 0.717) is 30.2 Å². The number of nitrogens with one attached hydrogen (secondary N) is 2. The van der Waals surface area contributed by atoms with E-state index in [1.165, 1.54) is 18.5 Å². The molecule has 0 aliphatic carbocycles. The van der Waals surface area contributed by atoms with Crippen molar-refractivity contribution in [2.24, 2.45) is 7.05 Å². The second-order valence-corrected chi connectivity index (χ2v) is 6.84. The van der Waals surface area contributed by atoms with Crippen LogP contribution in [-0.2, 0) is 20.1 Å². The topological polar surface area (TPSA) is 97.6 Å². The molecule has 4 rings (SSSR count). The van der Waals surface area contributed by atoms with Gasteiger partial charge in [-0.05, 0) is 42.0 Å². The van der Waals surface area contributed by atoms with Gasteiger partial charge in [0, 0.05) is 31.0 Å². The molecule has 2 heterocycles. The summed E-state index contributed by atoms with van der Waals surface area (Å²) in [7, 11) is 1.87. The Labute approximate surface area is 178 Å². The lowest BCUT2D eigenvalue weighted by Crippen LogP contribution is -2.22. The fourth-order valence-corrected chi connectivity index (χ4v) is 3.00. The van der Waals surface area contributed by atoms with Crippen LogP contribution in [0, 0.1) is 5.82 Å². The first kappa shape index (κ1) is 20.1. The normalized spacial score (nSPS) is 10.6. The zero-order valence-electron chi connectivity index (χ0n) is 16.8. The quantitative estimate of drug-likeness (QED) is 0.480. The predicted molar refractivity (Wildman–Crippen MR) is 113 cm³/mol. The van der Waals surface area contributed by atoms with Crippen LogP contribution in [0.1, 0.15) is 21.7 Å². The molecule has 9 heteroatoms. The first-order valence-electron chi connectivity index (χ1n) is 9.61. The summed E-state index contributed by atoms with van der Waals surface area (Å²) in [5, 5.41) is 14.5. The lowest BCUT2D eigenvalue weighted by atomic mass is 10.1. The van der Waals surface area contributed by atoms with E-state index >= 15 is 0 Å². The zero-order chi connectivity index (χ0) is 21.6. The summed E-state index contributed by atoms with van der Waals surface area (Å²) in [6.45, 7) is 0.747. The van der Waals surface area contributed by atoms with Crippen molar-refractivity contribution in [3.8, 4) is 11.5 Å². The van der Waals surface area contributed by atoms with Crippen LogP contribution in [0.3, 0.4) is 0 Å². The highest BCUT2D eigenvalue weighted by molar-refractivity contribution is 5.95. The monoisotopic (exact) mass is 417 g/mol. The molecule has 0 unspecified atom stereocenters. The van der Waals surface area contributed by atoms with Gasteiger partial charge in [0.05, 0.1) is 6.54 Å². The summed E-state index contributed by atoms with van der Waals surface area (Å²) in [5.41, 5.74) is 2.81. The van der Waals surface area contributed by atoms with Gasteiger partial charge in [-0.2, -0.15) is 0 Å². The second kappa shape index (κ2) is 9.12. The lowest BCUT2D eigenvalue weighted by molar-refractivity contribution is 0.0951. The van der Waals surface area contributed by atoms with E-state index in [1.807, 2.05) is 17.7 Å². The molecule has 0 fully saturated rings. The molecule has 0 aliphatic heterocycles. The molecule has 8 nitrogen and oxygen atoms in total. The van der Waals surface area contributed by atoms with E-state index in [0.717, 1.165) is 17.1 Å². The number of carbonyl (C=O) groups excluding carboxylic acids is 1. The molecule has 156 valence electrons. The number of nitrogens with zero attached hydrogens (tertiary/aromatic N) is 5. The van der Waals surface area contributed by atoms with Gasteiger partial charge in [-0.3, -0.25) is 4.79 Å². The molecule has 4 aromatic rings. The summed E-state index contributed by atoms with van der Waals surface area (Å²) in [6.07, 6.45) is 3.12. The van der Waals surface area contributed by atoms with E-state index in [9.17, 15) is 9.18 Å². The standard InChI is InChI=1S/C22H20FN7O/c1-30-20(28-29-21(30)19-9-10-24-14-27-19)13-25-18-4-2-3-16(11-18)22(31)26-12-15-5-7-17(23)8-6-15/h2-11,14,25H,12-13H2,1H3,(H,26,31). The molecule has 1 amide bonds. The third-order valence-electron chi connectivity index (χ3n) is 4.72. The highest BCUT2D eigenvalue weighted by Crippen LogP contribution is 2.16. The van der Waals surface area contributed by atoms with Crippen LogP contribution in [0.4, 0.5) is 10.1 Å². The smallest absolute Gasteiger partial charge is 0.251 e. The lowest BCUT2D eigenvalue weighted by Gasteiger charge is -2.09. The fraction of sp³-hybridized carbons (Fsp3) is 0.136. The number of anilines is 1. The van der Waals surface area contributed by atoms with Crippen LogP contribution < -0.4 is 10.6 Å². The molecule has 0 radical (unpaired) electrons. The van der Waals surface area contributed by atoms with E-state index in [4.69, 9.17) is 0 Å². The van der Waals surface area contributed by atoms with Gasteiger partial charge < -0.3 is 15.2 Å². The Morgan fingerprint density at radius 3 is 2.68 bits per heavy atom. The van der Waals surface area contributed by atoms with Crippen molar-refractivity contribution in [2.75, 3.05) is 5.32 Å². The van der Waals surface area contributed by atoms with E-state index in [2.05, 4.69) is 30.8 Å². The number of aromatic nitrogens is 5. The zero-order valence-corrected chi connectivity index (χ0v) is 16.8. The third kappa shape index (κ3) is 4.89. The number of hydrogen-bond donors (Lipinski definition) is 2. The van der Waals surface area contributed by atoms with E-state index in [1.54, 1.807) is 42.6 Å². The van der Waals surface area contributed by atoms with Crippen molar-refractivity contribution >= 4 is 11.6 Å². The molecule has 31 heavy (non-hydrogen) atoms. The van der Waals surface area contributed by atoms with Crippen molar-refractivity contribution in [2.45, 2.75) is 13.1 Å². The summed E-state index contributed by atoms with van der Waals surface area (Å²) in [5.74, 6) is 0.853. The molecule has 2 aromatic carbocycles. The third-order valence-corrected chi connectivity index (χ3v) is 4.72. The summed E-state index contributed by atoms with van der Waals surface area (Å²) >= 11 is 0. The van der Waals surface area contributed by atoms with Gasteiger partial charge in [-0.25, -0.2) is 14.4 Å². The Balaban J connectivity index is 1.38. The number of carbonyl (C=O) groups is 1. The minimum absolute atomic E-state index is 0.210. The molecular formula is C22H20FN7O. The largest absolute Gasteiger partial charge is 0.378 e. The molecule has 2 N–H and O–H groups in total. The number of rotatable bonds is 7. The SMILES string of the molecule is Cn1c(CNc2cccc(C(=O)NCc3ccc(F)cc3)c2)nnc1-c1ccncn1. The van der Waals surface area contributed by atoms with E-state index in [-0.39, 0.29) is 11.7 Å². The minimum Gasteiger partial charge on any atom is -0.378 e. The maximum absolute atomic E-state index is 13.0. The van der Waals surface area contributed by atoms with Crippen molar-refractivity contribution in [1.29, 1.82) is 0 Å². The Bertz CT molecular complexity index is 1180. The van der Waals surface area contributed by atoms with Crippen LogP contribution >= 0.6 is 0 Å². The molecule has 0 saturated carbocycles. The van der Waals surface area contributed by atoms with Crippen molar-refractivity contribution < 1.29 is 9.18 Å². The summed E-state index contributed by atoms with van der Waals surface area (Å²) < 4.78 is 14.8. The van der Waals surface area contributed by atoms with Gasteiger partial charge in [0.15, 0.2) is 11.6 Å². The Morgan fingerprint density at radius 1 is 1.06 bits per heavy atom. The number of halogens is 1. The molecule has 0 aliphatic rings. The average molecular weight is 417 g/mol. The van der Waals surface area contributed by atoms with Crippen molar-refractivity contribution in [3.63, 3.8) is 0 Å². The summed E-state index contributed by atoms with van der Waals surface area (Å²) in [6, 6.07) is 15.0. The number of hydrogen-bond acceptors (Lipinski definition) is 6. The van der Waals surface area contributed by atoms with Gasteiger partial charge in [-0.15, -0.1) is 10.2 Å². The van der Waals surface area contributed by atoms with Gasteiger partial charge in [0.2, 0.25) is 0 Å². The Kier molecular flexibility index (Phi) is 5.93. The first-order valence-corrected chi connectivity index (χ1v) is 9.61. The van der Waals surface area contributed by atoms with Gasteiger partial charge >= 0.3 is 0 Å². The van der Waals surface area contributed by atoms with Crippen LogP contribution in [0.15, 0.2) is 67.1 Å². The van der Waals surface area contributed by atoms with Crippen LogP contribution in [-0.4, -0.2) is 30.6 Å². The maximum atomic E-state index is 13.0. The molecular weight excluding hydrogens is 397 g/mol. The average Bonchev–Trinajstić information content (AvgIpc) is 3.18. The van der Waals surface area contributed by atoms with Crippen molar-refractivity contribution in [1.82, 2.24) is 30.0 Å². The highest BCUT2D eigenvalue weighted by Gasteiger charge is 2.12. The van der Waals surface area contributed by atoms with Crippen molar-refractivity contribution in [3.05, 3.63) is 89.9 Å². The molecule has 2 aromatic heterocycles. The maximum Gasteiger partial charge on any atom is 0.251 e. The molecule has 0 bridgehead atoms. The van der Waals surface area contributed by atoms with Crippen LogP contribution in [0.5, 0.6) is 0 Å². The first-order chi connectivity index (χ1) is 15.1. The number of amides is 1. The molecule has 0 atom stereocenters. The molecule has 0 spiro atoms. The highest BCUT2D eigenvalue weighted by atomic mass is 19.1.